The quantitative estimate of drug-likeness (QED) is 0.850. The van der Waals surface area contributed by atoms with Gasteiger partial charge in [0.2, 0.25) is 0 Å². The van der Waals surface area contributed by atoms with Gasteiger partial charge in [0.05, 0.1) is 0 Å². The van der Waals surface area contributed by atoms with E-state index >= 15 is 0 Å². The number of fused-ring (bicyclic) bond motifs is 1. The fourth-order valence-corrected chi connectivity index (χ4v) is 3.01. The van der Waals surface area contributed by atoms with Crippen LogP contribution < -0.4 is 15.2 Å². The molecule has 1 aromatic carbocycles. The molecule has 1 unspecified atom stereocenters. The van der Waals surface area contributed by atoms with Gasteiger partial charge in [0.15, 0.2) is 11.5 Å². The van der Waals surface area contributed by atoms with Crippen LogP contribution in [-0.2, 0) is 5.41 Å². The largest absolute Gasteiger partial charge is 0.486 e. The van der Waals surface area contributed by atoms with Gasteiger partial charge in [-0.1, -0.05) is 19.9 Å². The molecule has 1 aliphatic carbocycles. The number of ether oxygens (including phenoxy) is 2. The maximum Gasteiger partial charge on any atom is 0.161 e. The average Bonchev–Trinajstić information content (AvgIpc) is 2.92. The molecule has 92 valence electrons. The fraction of sp³-hybridized carbons (Fsp3) is 0.571. The first kappa shape index (κ1) is 10.9. The third-order valence-electron chi connectivity index (χ3n) is 4.36. The van der Waals surface area contributed by atoms with Gasteiger partial charge in [0.1, 0.15) is 13.2 Å². The summed E-state index contributed by atoms with van der Waals surface area (Å²) in [5.74, 6) is 1.72. The molecular formula is C14H19NO2. The molecule has 1 heterocycles. The first-order valence-electron chi connectivity index (χ1n) is 6.19. The van der Waals surface area contributed by atoms with Crippen LogP contribution in [0.4, 0.5) is 0 Å². The zero-order valence-corrected chi connectivity index (χ0v) is 10.5. The zero-order valence-electron chi connectivity index (χ0n) is 10.5. The molecule has 0 amide bonds. The Kier molecular flexibility index (Phi) is 2.17. The zero-order chi connectivity index (χ0) is 12.1. The third kappa shape index (κ3) is 1.45. The van der Waals surface area contributed by atoms with Crippen LogP contribution in [0.15, 0.2) is 18.2 Å². The monoisotopic (exact) mass is 233 g/mol. The predicted molar refractivity (Wildman–Crippen MR) is 66.6 cm³/mol. The maximum absolute atomic E-state index is 5.98. The highest BCUT2D eigenvalue weighted by atomic mass is 16.6. The van der Waals surface area contributed by atoms with Crippen molar-refractivity contribution in [3.8, 4) is 11.5 Å². The van der Waals surface area contributed by atoms with Gasteiger partial charge in [-0.3, -0.25) is 0 Å². The highest BCUT2D eigenvalue weighted by molar-refractivity contribution is 5.49. The summed E-state index contributed by atoms with van der Waals surface area (Å²) < 4.78 is 11.2. The summed E-state index contributed by atoms with van der Waals surface area (Å²) in [6.07, 6.45) is 1.15. The summed E-state index contributed by atoms with van der Waals surface area (Å²) in [5.41, 5.74) is 7.69. The van der Waals surface area contributed by atoms with Crippen LogP contribution in [0, 0.1) is 5.41 Å². The van der Waals surface area contributed by atoms with E-state index in [-0.39, 0.29) is 5.41 Å². The molecule has 1 atom stereocenters. The summed E-state index contributed by atoms with van der Waals surface area (Å²) in [4.78, 5) is 0. The number of hydrogen-bond acceptors (Lipinski definition) is 3. The van der Waals surface area contributed by atoms with Crippen molar-refractivity contribution >= 4 is 0 Å². The van der Waals surface area contributed by atoms with Crippen molar-refractivity contribution in [1.29, 1.82) is 0 Å². The lowest BCUT2D eigenvalue weighted by atomic mass is 9.88. The second-order valence-electron chi connectivity index (χ2n) is 5.71. The van der Waals surface area contributed by atoms with Gasteiger partial charge < -0.3 is 15.2 Å². The van der Waals surface area contributed by atoms with E-state index in [1.807, 2.05) is 6.07 Å². The first-order chi connectivity index (χ1) is 8.09. The van der Waals surface area contributed by atoms with Crippen LogP contribution in [-0.4, -0.2) is 19.8 Å². The average molecular weight is 233 g/mol. The molecule has 0 spiro atoms. The van der Waals surface area contributed by atoms with E-state index < -0.39 is 0 Å². The molecule has 1 saturated carbocycles. The molecule has 0 radical (unpaired) electrons. The lowest BCUT2D eigenvalue weighted by molar-refractivity contribution is 0.171. The number of rotatable bonds is 2. The van der Waals surface area contributed by atoms with Gasteiger partial charge in [0.25, 0.3) is 0 Å². The van der Waals surface area contributed by atoms with Gasteiger partial charge in [-0.05, 0) is 29.5 Å². The van der Waals surface area contributed by atoms with Crippen molar-refractivity contribution in [2.24, 2.45) is 11.1 Å². The highest BCUT2D eigenvalue weighted by Crippen LogP contribution is 2.64. The number of nitrogens with two attached hydrogens (primary N) is 1. The van der Waals surface area contributed by atoms with Gasteiger partial charge in [-0.2, -0.15) is 0 Å². The Labute approximate surface area is 102 Å². The summed E-state index contributed by atoms with van der Waals surface area (Å²) in [6.45, 7) is 6.52. The predicted octanol–water partition coefficient (Wildman–Crippen LogP) is 2.08. The summed E-state index contributed by atoms with van der Waals surface area (Å²) >= 11 is 0. The molecule has 1 aromatic rings. The Morgan fingerprint density at radius 2 is 1.82 bits per heavy atom. The number of hydrogen-bond donors (Lipinski definition) is 1. The van der Waals surface area contributed by atoms with Crippen molar-refractivity contribution in [2.75, 3.05) is 19.8 Å². The van der Waals surface area contributed by atoms with Crippen molar-refractivity contribution in [2.45, 2.75) is 25.7 Å². The standard InChI is InChI=1S/C14H19NO2/c1-13(2)8-14(13,9-15)10-3-4-11-12(7-10)17-6-5-16-11/h3-4,7H,5-6,8-9,15H2,1-2H3. The van der Waals surface area contributed by atoms with E-state index in [2.05, 4.69) is 26.0 Å². The second-order valence-corrected chi connectivity index (χ2v) is 5.71. The lowest BCUT2D eigenvalue weighted by Gasteiger charge is -2.23. The Balaban J connectivity index is 2.00. The van der Waals surface area contributed by atoms with Crippen molar-refractivity contribution in [3.63, 3.8) is 0 Å². The smallest absolute Gasteiger partial charge is 0.161 e. The number of benzene rings is 1. The van der Waals surface area contributed by atoms with Crippen LogP contribution in [0.2, 0.25) is 0 Å². The van der Waals surface area contributed by atoms with E-state index in [1.54, 1.807) is 0 Å². The second kappa shape index (κ2) is 3.39. The molecule has 1 aliphatic heterocycles. The molecule has 0 saturated heterocycles. The summed E-state index contributed by atoms with van der Waals surface area (Å²) in [5, 5.41) is 0. The minimum atomic E-state index is 0.128. The van der Waals surface area contributed by atoms with Crippen molar-refractivity contribution in [3.05, 3.63) is 23.8 Å². The molecule has 0 bridgehead atoms. The molecule has 3 heteroatoms. The SMILES string of the molecule is CC1(C)CC1(CN)c1ccc2c(c1)OCCO2. The molecule has 1 fully saturated rings. The summed E-state index contributed by atoms with van der Waals surface area (Å²) in [6, 6.07) is 6.25. The Morgan fingerprint density at radius 3 is 2.41 bits per heavy atom. The molecule has 3 nitrogen and oxygen atoms in total. The van der Waals surface area contributed by atoms with E-state index in [4.69, 9.17) is 15.2 Å². The maximum atomic E-state index is 5.98. The molecule has 17 heavy (non-hydrogen) atoms. The minimum Gasteiger partial charge on any atom is -0.486 e. The Hall–Kier alpha value is -1.22. The van der Waals surface area contributed by atoms with Gasteiger partial charge in [-0.15, -0.1) is 0 Å². The van der Waals surface area contributed by atoms with Crippen LogP contribution in [0.5, 0.6) is 11.5 Å². The lowest BCUT2D eigenvalue weighted by Crippen LogP contribution is -2.25. The third-order valence-corrected chi connectivity index (χ3v) is 4.36. The first-order valence-corrected chi connectivity index (χ1v) is 6.19. The van der Waals surface area contributed by atoms with Gasteiger partial charge in [-0.25, -0.2) is 0 Å². The molecule has 2 N–H and O–H groups in total. The van der Waals surface area contributed by atoms with Gasteiger partial charge in [0, 0.05) is 12.0 Å². The topological polar surface area (TPSA) is 44.5 Å². The van der Waals surface area contributed by atoms with Crippen molar-refractivity contribution < 1.29 is 9.47 Å². The Bertz CT molecular complexity index is 456. The van der Waals surface area contributed by atoms with E-state index in [9.17, 15) is 0 Å². The van der Waals surface area contributed by atoms with Crippen LogP contribution in [0.1, 0.15) is 25.8 Å². The van der Waals surface area contributed by atoms with Crippen LogP contribution in [0.3, 0.4) is 0 Å². The Morgan fingerprint density at radius 1 is 1.18 bits per heavy atom. The molecular weight excluding hydrogens is 214 g/mol. The van der Waals surface area contributed by atoms with Crippen LogP contribution in [0.25, 0.3) is 0 Å². The van der Waals surface area contributed by atoms with E-state index in [0.717, 1.165) is 17.9 Å². The molecule has 2 aliphatic rings. The molecule has 0 aromatic heterocycles. The van der Waals surface area contributed by atoms with E-state index in [0.29, 0.717) is 25.2 Å². The van der Waals surface area contributed by atoms with Crippen molar-refractivity contribution in [1.82, 2.24) is 0 Å². The minimum absolute atomic E-state index is 0.128. The molecule has 3 rings (SSSR count). The van der Waals surface area contributed by atoms with Gasteiger partial charge >= 0.3 is 0 Å². The van der Waals surface area contributed by atoms with Crippen LogP contribution >= 0.6 is 0 Å². The highest BCUT2D eigenvalue weighted by Gasteiger charge is 2.61. The normalized spacial score (nSPS) is 28.9. The fourth-order valence-electron chi connectivity index (χ4n) is 3.01. The summed E-state index contributed by atoms with van der Waals surface area (Å²) in [7, 11) is 0. The van der Waals surface area contributed by atoms with E-state index in [1.165, 1.54) is 5.56 Å².